The van der Waals surface area contributed by atoms with Gasteiger partial charge in [-0.15, -0.1) is 0 Å². The molecule has 2 rings (SSSR count). The molecule has 0 bridgehead atoms. The average molecular weight is 203 g/mol. The molecule has 1 unspecified atom stereocenters. The van der Waals surface area contributed by atoms with E-state index in [-0.39, 0.29) is 0 Å². The predicted octanol–water partition coefficient (Wildman–Crippen LogP) is 3.23. The molecule has 1 aliphatic rings. The normalized spacial score (nSPS) is 23.6. The van der Waals surface area contributed by atoms with E-state index in [0.717, 1.165) is 0 Å². The van der Waals surface area contributed by atoms with Crippen molar-refractivity contribution in [2.24, 2.45) is 5.41 Å². The maximum atomic E-state index is 3.44. The smallest absolute Gasteiger partial charge is 0.0325 e. The Balaban J connectivity index is 2.44. The second-order valence-corrected chi connectivity index (χ2v) is 5.59. The van der Waals surface area contributed by atoms with E-state index in [9.17, 15) is 0 Å². The summed E-state index contributed by atoms with van der Waals surface area (Å²) >= 11 is 0. The molecule has 1 aliphatic carbocycles. The van der Waals surface area contributed by atoms with Gasteiger partial charge >= 0.3 is 0 Å². The average Bonchev–Trinajstić information content (AvgIpc) is 2.16. The van der Waals surface area contributed by atoms with Crippen molar-refractivity contribution in [3.63, 3.8) is 0 Å². The fourth-order valence-corrected chi connectivity index (χ4v) is 2.71. The van der Waals surface area contributed by atoms with Crippen LogP contribution in [-0.2, 0) is 6.42 Å². The molecule has 0 amide bonds. The first-order chi connectivity index (χ1) is 7.02. The van der Waals surface area contributed by atoms with Crippen LogP contribution in [0.3, 0.4) is 0 Å². The highest BCUT2D eigenvalue weighted by atomic mass is 14.9. The second kappa shape index (κ2) is 3.64. The molecular formula is C14H21N. The van der Waals surface area contributed by atoms with Crippen molar-refractivity contribution in [1.82, 2.24) is 5.32 Å². The first-order valence-electron chi connectivity index (χ1n) is 5.78. The summed E-state index contributed by atoms with van der Waals surface area (Å²) in [6, 6.07) is 7.40. The molecule has 0 spiro atoms. The molecule has 82 valence electrons. The maximum Gasteiger partial charge on any atom is 0.0325 e. The Bertz CT molecular complexity index is 366. The van der Waals surface area contributed by atoms with Crippen LogP contribution in [-0.4, -0.2) is 7.05 Å². The Labute approximate surface area is 92.9 Å². The molecule has 1 aromatic rings. The zero-order chi connectivity index (χ0) is 11.1. The predicted molar refractivity (Wildman–Crippen MR) is 65.1 cm³/mol. The van der Waals surface area contributed by atoms with Crippen molar-refractivity contribution in [2.75, 3.05) is 7.05 Å². The van der Waals surface area contributed by atoms with Crippen LogP contribution in [0.1, 0.15) is 43.0 Å². The third-order valence-electron chi connectivity index (χ3n) is 3.45. The highest BCUT2D eigenvalue weighted by molar-refractivity contribution is 5.36. The van der Waals surface area contributed by atoms with Gasteiger partial charge in [0.1, 0.15) is 0 Å². The lowest BCUT2D eigenvalue weighted by Gasteiger charge is -2.37. The Morgan fingerprint density at radius 1 is 1.33 bits per heavy atom. The van der Waals surface area contributed by atoms with Gasteiger partial charge in [0.25, 0.3) is 0 Å². The summed E-state index contributed by atoms with van der Waals surface area (Å²) in [7, 11) is 2.07. The molecule has 1 atom stereocenters. The Kier molecular flexibility index (Phi) is 2.59. The van der Waals surface area contributed by atoms with Crippen LogP contribution in [0.4, 0.5) is 0 Å². The summed E-state index contributed by atoms with van der Waals surface area (Å²) in [5, 5.41) is 3.44. The van der Waals surface area contributed by atoms with Crippen LogP contribution in [0.25, 0.3) is 0 Å². The molecule has 15 heavy (non-hydrogen) atoms. The third-order valence-corrected chi connectivity index (χ3v) is 3.45. The molecule has 0 saturated heterocycles. The topological polar surface area (TPSA) is 12.0 Å². The van der Waals surface area contributed by atoms with E-state index in [2.05, 4.69) is 51.3 Å². The lowest BCUT2D eigenvalue weighted by Crippen LogP contribution is -2.31. The molecule has 1 heteroatoms. The van der Waals surface area contributed by atoms with E-state index >= 15 is 0 Å². The third kappa shape index (κ3) is 2.07. The summed E-state index contributed by atoms with van der Waals surface area (Å²) in [6.07, 6.45) is 2.45. The second-order valence-electron chi connectivity index (χ2n) is 5.59. The summed E-state index contributed by atoms with van der Waals surface area (Å²) in [5.74, 6) is 0. The van der Waals surface area contributed by atoms with Crippen LogP contribution in [0.2, 0.25) is 0 Å². The first kappa shape index (κ1) is 10.7. The summed E-state index contributed by atoms with van der Waals surface area (Å²) in [5.41, 5.74) is 4.83. The minimum atomic E-state index is 0.427. The zero-order valence-corrected chi connectivity index (χ0v) is 10.2. The highest BCUT2D eigenvalue weighted by Crippen LogP contribution is 2.40. The van der Waals surface area contributed by atoms with Crippen molar-refractivity contribution < 1.29 is 0 Å². The van der Waals surface area contributed by atoms with E-state index in [1.165, 1.54) is 29.5 Å². The number of aryl methyl sites for hydroxylation is 1. The molecule has 1 nitrogen and oxygen atoms in total. The minimum Gasteiger partial charge on any atom is -0.313 e. The molecule has 0 heterocycles. The SMILES string of the molecule is CNC1CC(C)(C)Cc2ccc(C)cc21. The molecule has 1 aromatic carbocycles. The van der Waals surface area contributed by atoms with E-state index in [0.29, 0.717) is 11.5 Å². The number of benzene rings is 1. The molecule has 0 saturated carbocycles. The number of hydrogen-bond acceptors (Lipinski definition) is 1. The molecule has 0 aromatic heterocycles. The standard InChI is InChI=1S/C14H21N/c1-10-5-6-11-8-14(2,3)9-13(15-4)12(11)7-10/h5-7,13,15H,8-9H2,1-4H3. The summed E-state index contributed by atoms with van der Waals surface area (Å²) in [4.78, 5) is 0. The van der Waals surface area contributed by atoms with Gasteiger partial charge in [0, 0.05) is 6.04 Å². The monoisotopic (exact) mass is 203 g/mol. The number of rotatable bonds is 1. The van der Waals surface area contributed by atoms with Gasteiger partial charge in [-0.05, 0) is 43.4 Å². The van der Waals surface area contributed by atoms with Crippen molar-refractivity contribution in [2.45, 2.75) is 39.7 Å². The van der Waals surface area contributed by atoms with Crippen molar-refractivity contribution in [3.8, 4) is 0 Å². The highest BCUT2D eigenvalue weighted by Gasteiger charge is 2.31. The van der Waals surface area contributed by atoms with Crippen molar-refractivity contribution >= 4 is 0 Å². The maximum absolute atomic E-state index is 3.44. The number of hydrogen-bond donors (Lipinski definition) is 1. The largest absolute Gasteiger partial charge is 0.313 e. The quantitative estimate of drug-likeness (QED) is 0.739. The van der Waals surface area contributed by atoms with Gasteiger partial charge in [0.2, 0.25) is 0 Å². The van der Waals surface area contributed by atoms with Crippen molar-refractivity contribution in [1.29, 1.82) is 0 Å². The van der Waals surface area contributed by atoms with Gasteiger partial charge in [-0.3, -0.25) is 0 Å². The lowest BCUT2D eigenvalue weighted by atomic mass is 9.72. The molecule has 0 radical (unpaired) electrons. The zero-order valence-electron chi connectivity index (χ0n) is 10.2. The van der Waals surface area contributed by atoms with E-state index < -0.39 is 0 Å². The Morgan fingerprint density at radius 3 is 2.73 bits per heavy atom. The summed E-state index contributed by atoms with van der Waals surface area (Å²) in [6.45, 7) is 6.90. The fraction of sp³-hybridized carbons (Fsp3) is 0.571. The van der Waals surface area contributed by atoms with Gasteiger partial charge in [0.15, 0.2) is 0 Å². The van der Waals surface area contributed by atoms with E-state index in [4.69, 9.17) is 0 Å². The van der Waals surface area contributed by atoms with E-state index in [1.807, 2.05) is 0 Å². The lowest BCUT2D eigenvalue weighted by molar-refractivity contribution is 0.265. The number of fused-ring (bicyclic) bond motifs is 1. The van der Waals surface area contributed by atoms with Crippen LogP contribution < -0.4 is 5.32 Å². The minimum absolute atomic E-state index is 0.427. The van der Waals surface area contributed by atoms with Gasteiger partial charge in [0.05, 0.1) is 0 Å². The fourth-order valence-electron chi connectivity index (χ4n) is 2.71. The summed E-state index contributed by atoms with van der Waals surface area (Å²) < 4.78 is 0. The van der Waals surface area contributed by atoms with Crippen LogP contribution >= 0.6 is 0 Å². The van der Waals surface area contributed by atoms with E-state index in [1.54, 1.807) is 0 Å². The van der Waals surface area contributed by atoms with Gasteiger partial charge in [-0.2, -0.15) is 0 Å². The molecule has 0 fully saturated rings. The number of nitrogens with one attached hydrogen (secondary N) is 1. The molecule has 1 N–H and O–H groups in total. The molecular weight excluding hydrogens is 182 g/mol. The Morgan fingerprint density at radius 2 is 2.07 bits per heavy atom. The van der Waals surface area contributed by atoms with Crippen molar-refractivity contribution in [3.05, 3.63) is 34.9 Å². The Hall–Kier alpha value is -0.820. The van der Waals surface area contributed by atoms with Gasteiger partial charge in [-0.1, -0.05) is 37.6 Å². The van der Waals surface area contributed by atoms with Crippen LogP contribution in [0.5, 0.6) is 0 Å². The van der Waals surface area contributed by atoms with Crippen LogP contribution in [0, 0.1) is 12.3 Å². The van der Waals surface area contributed by atoms with Gasteiger partial charge in [-0.25, -0.2) is 0 Å². The molecule has 0 aliphatic heterocycles. The first-order valence-corrected chi connectivity index (χ1v) is 5.78. The van der Waals surface area contributed by atoms with Crippen LogP contribution in [0.15, 0.2) is 18.2 Å². The van der Waals surface area contributed by atoms with Gasteiger partial charge < -0.3 is 5.32 Å².